The molecule has 0 saturated carbocycles. The number of aryl methyl sites for hydroxylation is 1. The molecular weight excluding hydrogens is 447 g/mol. The van der Waals surface area contributed by atoms with E-state index >= 15 is 0 Å². The fourth-order valence-corrected chi connectivity index (χ4v) is 4.77. The summed E-state index contributed by atoms with van der Waals surface area (Å²) in [5.41, 5.74) is 1.15. The van der Waals surface area contributed by atoms with Crippen LogP contribution in [0.25, 0.3) is 0 Å². The number of pyridine rings is 2. The van der Waals surface area contributed by atoms with Crippen LogP contribution in [0.15, 0.2) is 82.3 Å². The highest BCUT2D eigenvalue weighted by Crippen LogP contribution is 2.34. The Morgan fingerprint density at radius 2 is 1.89 bits per heavy atom. The van der Waals surface area contributed by atoms with Gasteiger partial charge in [0, 0.05) is 38.1 Å². The number of hydrogen-bond donors (Lipinski definition) is 1. The lowest BCUT2D eigenvalue weighted by Crippen LogP contribution is -2.49. The Hall–Kier alpha value is -3.91. The minimum atomic E-state index is -0.604. The largest absolute Gasteiger partial charge is 0.507 e. The maximum Gasteiger partial charge on any atom is 0.260 e. The summed E-state index contributed by atoms with van der Waals surface area (Å²) in [6, 6.07) is 16.6. The third-order valence-corrected chi connectivity index (χ3v) is 6.51. The van der Waals surface area contributed by atoms with Crippen molar-refractivity contribution >= 4 is 5.82 Å². The number of nitrogens with zero attached hydrogens (tertiary/aromatic N) is 4. The van der Waals surface area contributed by atoms with Gasteiger partial charge in [0.15, 0.2) is 0 Å². The second-order valence-corrected chi connectivity index (χ2v) is 8.72. The summed E-state index contributed by atoms with van der Waals surface area (Å²) < 4.78 is 21.3. The van der Waals surface area contributed by atoms with E-state index in [1.807, 2.05) is 18.2 Å². The van der Waals surface area contributed by atoms with Gasteiger partial charge in [0.25, 0.3) is 5.56 Å². The molecule has 7 nitrogen and oxygen atoms in total. The van der Waals surface area contributed by atoms with Crippen LogP contribution in [0.2, 0.25) is 0 Å². The minimum Gasteiger partial charge on any atom is -0.507 e. The van der Waals surface area contributed by atoms with Crippen LogP contribution in [-0.2, 0) is 6.54 Å². The van der Waals surface area contributed by atoms with Gasteiger partial charge in [-0.3, -0.25) is 9.69 Å². The number of aromatic nitrogens is 2. The molecule has 1 aliphatic heterocycles. The molecule has 4 aromatic rings. The number of halogens is 1. The fraction of sp³-hybridized carbons (Fsp3) is 0.259. The molecular formula is C27H27FN4O3. The van der Waals surface area contributed by atoms with E-state index in [1.54, 1.807) is 54.3 Å². The van der Waals surface area contributed by atoms with Gasteiger partial charge < -0.3 is 19.0 Å². The smallest absolute Gasteiger partial charge is 0.260 e. The Morgan fingerprint density at radius 1 is 1.06 bits per heavy atom. The van der Waals surface area contributed by atoms with E-state index in [0.717, 1.165) is 5.82 Å². The van der Waals surface area contributed by atoms with Crippen molar-refractivity contribution in [2.75, 3.05) is 31.1 Å². The van der Waals surface area contributed by atoms with Crippen LogP contribution in [0, 0.1) is 12.7 Å². The molecule has 0 spiro atoms. The first-order valence-corrected chi connectivity index (χ1v) is 11.6. The van der Waals surface area contributed by atoms with Gasteiger partial charge in [-0.1, -0.05) is 18.2 Å². The highest BCUT2D eigenvalue weighted by Gasteiger charge is 2.32. The molecule has 1 fully saturated rings. The normalized spacial score (nSPS) is 15.3. The Labute approximate surface area is 202 Å². The van der Waals surface area contributed by atoms with Crippen molar-refractivity contribution in [3.05, 3.63) is 112 Å². The molecule has 1 aromatic carbocycles. The number of rotatable bonds is 6. The second-order valence-electron chi connectivity index (χ2n) is 8.72. The summed E-state index contributed by atoms with van der Waals surface area (Å²) in [6.45, 7) is 4.63. The molecule has 0 aliphatic carbocycles. The number of piperazine rings is 1. The van der Waals surface area contributed by atoms with Crippen molar-refractivity contribution in [1.82, 2.24) is 14.5 Å². The maximum atomic E-state index is 14.3. The zero-order valence-electron chi connectivity index (χ0n) is 19.5. The Balaban J connectivity index is 1.54. The Kier molecular flexibility index (Phi) is 6.37. The second kappa shape index (κ2) is 9.76. The first kappa shape index (κ1) is 22.9. The van der Waals surface area contributed by atoms with E-state index in [0.29, 0.717) is 43.2 Å². The van der Waals surface area contributed by atoms with Gasteiger partial charge in [-0.2, -0.15) is 0 Å². The van der Waals surface area contributed by atoms with Crippen molar-refractivity contribution in [2.24, 2.45) is 0 Å². The highest BCUT2D eigenvalue weighted by molar-refractivity contribution is 5.43. The molecule has 1 atom stereocenters. The van der Waals surface area contributed by atoms with E-state index in [9.17, 15) is 14.3 Å². The van der Waals surface area contributed by atoms with Crippen LogP contribution in [0.3, 0.4) is 0 Å². The first-order valence-electron chi connectivity index (χ1n) is 11.6. The molecule has 5 rings (SSSR count). The molecule has 35 heavy (non-hydrogen) atoms. The van der Waals surface area contributed by atoms with E-state index < -0.39 is 6.04 Å². The van der Waals surface area contributed by atoms with Gasteiger partial charge in [0.2, 0.25) is 0 Å². The average Bonchev–Trinajstić information content (AvgIpc) is 3.38. The van der Waals surface area contributed by atoms with Gasteiger partial charge >= 0.3 is 0 Å². The molecule has 1 N–H and O–H groups in total. The SMILES string of the molecule is Cc1cc(O)c([C@H](c2cccc(F)c2)N2CCN(c3ccccn3)CC2)c(=O)n1Cc1ccco1. The van der Waals surface area contributed by atoms with E-state index in [2.05, 4.69) is 14.8 Å². The zero-order valence-corrected chi connectivity index (χ0v) is 19.5. The van der Waals surface area contributed by atoms with Gasteiger partial charge in [0.05, 0.1) is 24.4 Å². The quantitative estimate of drug-likeness (QED) is 0.456. The molecule has 0 bridgehead atoms. The molecule has 180 valence electrons. The van der Waals surface area contributed by atoms with Crippen molar-refractivity contribution in [3.8, 4) is 5.75 Å². The molecule has 1 aliphatic rings. The van der Waals surface area contributed by atoms with Gasteiger partial charge in [-0.05, 0) is 55.0 Å². The minimum absolute atomic E-state index is 0.0930. The van der Waals surface area contributed by atoms with Crippen LogP contribution < -0.4 is 10.5 Å². The van der Waals surface area contributed by atoms with E-state index in [-0.39, 0.29) is 29.2 Å². The van der Waals surface area contributed by atoms with Gasteiger partial charge in [-0.25, -0.2) is 9.37 Å². The Morgan fingerprint density at radius 3 is 2.57 bits per heavy atom. The van der Waals surface area contributed by atoms with Crippen molar-refractivity contribution in [2.45, 2.75) is 19.5 Å². The molecule has 1 saturated heterocycles. The van der Waals surface area contributed by atoms with Crippen LogP contribution in [0.1, 0.15) is 28.6 Å². The number of hydrogen-bond acceptors (Lipinski definition) is 6. The molecule has 0 radical (unpaired) electrons. The summed E-state index contributed by atoms with van der Waals surface area (Å²) >= 11 is 0. The number of furan rings is 1. The molecule has 0 unspecified atom stereocenters. The van der Waals surface area contributed by atoms with Gasteiger partial charge in [0.1, 0.15) is 23.1 Å². The van der Waals surface area contributed by atoms with E-state index in [4.69, 9.17) is 4.42 Å². The lowest BCUT2D eigenvalue weighted by molar-refractivity contribution is 0.206. The molecule has 3 aromatic heterocycles. The number of anilines is 1. The van der Waals surface area contributed by atoms with Crippen molar-refractivity contribution in [1.29, 1.82) is 0 Å². The summed E-state index contributed by atoms with van der Waals surface area (Å²) in [4.78, 5) is 22.5. The van der Waals surface area contributed by atoms with Crippen molar-refractivity contribution < 1.29 is 13.9 Å². The van der Waals surface area contributed by atoms with Crippen LogP contribution in [0.4, 0.5) is 10.2 Å². The Bertz CT molecular complexity index is 1350. The third-order valence-electron chi connectivity index (χ3n) is 6.51. The lowest BCUT2D eigenvalue weighted by Gasteiger charge is -2.40. The first-order chi connectivity index (χ1) is 17.0. The van der Waals surface area contributed by atoms with E-state index in [1.165, 1.54) is 12.1 Å². The summed E-state index contributed by atoms with van der Waals surface area (Å²) in [7, 11) is 0. The molecule has 8 heteroatoms. The van der Waals surface area contributed by atoms with Crippen LogP contribution in [-0.4, -0.2) is 45.7 Å². The predicted molar refractivity (Wildman–Crippen MR) is 131 cm³/mol. The average molecular weight is 475 g/mol. The maximum absolute atomic E-state index is 14.3. The van der Waals surface area contributed by atoms with Gasteiger partial charge in [-0.15, -0.1) is 0 Å². The summed E-state index contributed by atoms with van der Waals surface area (Å²) in [5.74, 6) is 1.05. The fourth-order valence-electron chi connectivity index (χ4n) is 4.77. The number of benzene rings is 1. The zero-order chi connectivity index (χ0) is 24.4. The highest BCUT2D eigenvalue weighted by atomic mass is 19.1. The van der Waals surface area contributed by atoms with Crippen LogP contribution in [0.5, 0.6) is 5.75 Å². The predicted octanol–water partition coefficient (Wildman–Crippen LogP) is 3.95. The monoisotopic (exact) mass is 474 g/mol. The van der Waals surface area contributed by atoms with Crippen molar-refractivity contribution in [3.63, 3.8) is 0 Å². The topological polar surface area (TPSA) is 74.7 Å². The summed E-state index contributed by atoms with van der Waals surface area (Å²) in [6.07, 6.45) is 3.33. The van der Waals surface area contributed by atoms with Crippen LogP contribution >= 0.6 is 0 Å². The third kappa shape index (κ3) is 4.70. The summed E-state index contributed by atoms with van der Waals surface area (Å²) in [5, 5.41) is 11.0. The lowest BCUT2D eigenvalue weighted by atomic mass is 9.95. The number of aromatic hydroxyl groups is 1. The molecule has 0 amide bonds. The standard InChI is InChI=1S/C27H27FN4O3/c1-19-16-23(33)25(27(34)32(19)18-22-8-5-15-35-22)26(20-6-4-7-21(28)17-20)31-13-11-30(12-14-31)24-9-2-3-10-29-24/h2-10,15-17,26,33H,11-14,18H2,1H3/t26-/m0/s1. The molecule has 4 heterocycles.